The molecule has 0 radical (unpaired) electrons. The number of halogens is 4. The number of alkyl halides is 3. The molecule has 0 atom stereocenters. The predicted molar refractivity (Wildman–Crippen MR) is 84.7 cm³/mol. The van der Waals surface area contributed by atoms with Crippen LogP contribution in [-0.2, 0) is 11.0 Å². The Morgan fingerprint density at radius 3 is 2.35 bits per heavy atom. The molecule has 0 bridgehead atoms. The number of hydrogen-bond acceptors (Lipinski definition) is 3. The molecule has 1 aromatic carbocycles. The van der Waals surface area contributed by atoms with Crippen LogP contribution in [0, 0.1) is 0 Å². The lowest BCUT2D eigenvalue weighted by Crippen LogP contribution is -2.54. The fourth-order valence-corrected chi connectivity index (χ4v) is 2.01. The van der Waals surface area contributed by atoms with Gasteiger partial charge in [0.2, 0.25) is 0 Å². The van der Waals surface area contributed by atoms with Gasteiger partial charge in [0.25, 0.3) is 5.91 Å². The minimum atomic E-state index is -4.44. The number of nitrogens with two attached hydrogens (primary N) is 1. The van der Waals surface area contributed by atoms with Crippen molar-refractivity contribution in [3.8, 4) is 5.75 Å². The molecule has 0 heterocycles. The monoisotopic (exact) mass is 354 g/mol. The molecule has 0 aliphatic rings. The molecule has 0 spiro atoms. The van der Waals surface area contributed by atoms with Crippen LogP contribution in [-0.4, -0.2) is 24.6 Å². The highest BCUT2D eigenvalue weighted by Gasteiger charge is 2.31. The van der Waals surface area contributed by atoms with E-state index in [1.54, 1.807) is 0 Å². The Hall–Kier alpha value is -1.47. The Morgan fingerprint density at radius 1 is 1.26 bits per heavy atom. The molecule has 8 heteroatoms. The highest BCUT2D eigenvalue weighted by Crippen LogP contribution is 2.31. The van der Waals surface area contributed by atoms with Crippen LogP contribution < -0.4 is 15.8 Å². The van der Waals surface area contributed by atoms with E-state index >= 15 is 0 Å². The van der Waals surface area contributed by atoms with Gasteiger partial charge in [-0.2, -0.15) is 13.2 Å². The van der Waals surface area contributed by atoms with Crippen molar-refractivity contribution < 1.29 is 22.7 Å². The molecule has 0 aliphatic carbocycles. The first-order chi connectivity index (χ1) is 10.3. The van der Waals surface area contributed by atoms with Gasteiger partial charge in [-0.15, -0.1) is 12.4 Å². The average molecular weight is 355 g/mol. The van der Waals surface area contributed by atoms with E-state index in [0.29, 0.717) is 12.8 Å². The highest BCUT2D eigenvalue weighted by molar-refractivity contribution is 5.85. The normalized spacial score (nSPS) is 11.6. The van der Waals surface area contributed by atoms with Crippen molar-refractivity contribution >= 4 is 18.3 Å². The number of carbonyl (C=O) groups is 1. The number of nitrogens with one attached hydrogen (secondary N) is 1. The first-order valence-corrected chi connectivity index (χ1v) is 7.07. The zero-order valence-electron chi connectivity index (χ0n) is 13.1. The van der Waals surface area contributed by atoms with Crippen molar-refractivity contribution in [1.82, 2.24) is 5.32 Å². The van der Waals surface area contributed by atoms with Gasteiger partial charge in [0, 0.05) is 6.54 Å². The van der Waals surface area contributed by atoms with Crippen LogP contribution in [0.2, 0.25) is 0 Å². The van der Waals surface area contributed by atoms with E-state index in [9.17, 15) is 18.0 Å². The minimum Gasteiger partial charge on any atom is -0.484 e. The number of rotatable bonds is 7. The molecule has 0 saturated carbocycles. The van der Waals surface area contributed by atoms with Gasteiger partial charge in [-0.3, -0.25) is 4.79 Å². The average Bonchev–Trinajstić information content (AvgIpc) is 2.50. The maximum atomic E-state index is 12.6. The van der Waals surface area contributed by atoms with Gasteiger partial charge in [-0.25, -0.2) is 0 Å². The molecule has 3 N–H and O–H groups in total. The summed E-state index contributed by atoms with van der Waals surface area (Å²) >= 11 is 0. The first kappa shape index (κ1) is 21.5. The van der Waals surface area contributed by atoms with E-state index in [1.165, 1.54) is 12.1 Å². The molecule has 1 aromatic rings. The minimum absolute atomic E-state index is 0. The Balaban J connectivity index is 0.00000484. The second-order valence-corrected chi connectivity index (χ2v) is 5.05. The summed E-state index contributed by atoms with van der Waals surface area (Å²) in [4.78, 5) is 11.9. The van der Waals surface area contributed by atoms with Gasteiger partial charge in [0.15, 0.2) is 6.61 Å². The fourth-order valence-electron chi connectivity index (χ4n) is 2.01. The van der Waals surface area contributed by atoms with Gasteiger partial charge in [0.1, 0.15) is 5.75 Å². The third-order valence-corrected chi connectivity index (χ3v) is 3.68. The largest absolute Gasteiger partial charge is 0.484 e. The smallest absolute Gasteiger partial charge is 0.416 e. The summed E-state index contributed by atoms with van der Waals surface area (Å²) in [6.45, 7) is 3.74. The summed E-state index contributed by atoms with van der Waals surface area (Å²) in [5.74, 6) is -0.414. The van der Waals surface area contributed by atoms with Crippen molar-refractivity contribution in [2.24, 2.45) is 5.73 Å². The van der Waals surface area contributed by atoms with Crippen LogP contribution in [0.4, 0.5) is 13.2 Å². The van der Waals surface area contributed by atoms with Crippen LogP contribution in [0.1, 0.15) is 32.3 Å². The lowest BCUT2D eigenvalue weighted by molar-refractivity contribution is -0.137. The quantitative estimate of drug-likeness (QED) is 0.790. The zero-order chi connectivity index (χ0) is 16.8. The van der Waals surface area contributed by atoms with Crippen molar-refractivity contribution in [1.29, 1.82) is 0 Å². The molecule has 1 rings (SSSR count). The Labute approximate surface area is 140 Å². The number of amides is 1. The molecular formula is C15H22ClF3N2O2. The summed E-state index contributed by atoms with van der Waals surface area (Å²) in [5, 5.41) is 2.78. The molecule has 132 valence electrons. The fraction of sp³-hybridized carbons (Fsp3) is 0.533. The molecule has 1 amide bonds. The Kier molecular flexibility index (Phi) is 8.41. The van der Waals surface area contributed by atoms with Crippen molar-refractivity contribution in [3.63, 3.8) is 0 Å². The lowest BCUT2D eigenvalue weighted by Gasteiger charge is -2.31. The van der Waals surface area contributed by atoms with Crippen LogP contribution in [0.15, 0.2) is 24.3 Å². The number of benzene rings is 1. The molecule has 0 saturated heterocycles. The number of carbonyl (C=O) groups excluding carboxylic acids is 1. The van der Waals surface area contributed by atoms with Crippen molar-refractivity contribution in [3.05, 3.63) is 29.8 Å². The topological polar surface area (TPSA) is 64.3 Å². The van der Waals surface area contributed by atoms with Crippen LogP contribution >= 0.6 is 12.4 Å². The van der Waals surface area contributed by atoms with Gasteiger partial charge < -0.3 is 15.8 Å². The van der Waals surface area contributed by atoms with Gasteiger partial charge in [0.05, 0.1) is 11.1 Å². The molecule has 23 heavy (non-hydrogen) atoms. The van der Waals surface area contributed by atoms with Gasteiger partial charge >= 0.3 is 6.18 Å². The van der Waals surface area contributed by atoms with Crippen LogP contribution in [0.3, 0.4) is 0 Å². The second-order valence-electron chi connectivity index (χ2n) is 5.05. The third-order valence-electron chi connectivity index (χ3n) is 3.68. The third kappa shape index (κ3) is 6.27. The summed E-state index contributed by atoms with van der Waals surface area (Å²) in [5.41, 5.74) is 4.35. The van der Waals surface area contributed by atoms with Crippen molar-refractivity contribution in [2.45, 2.75) is 38.4 Å². The van der Waals surface area contributed by atoms with E-state index in [2.05, 4.69) is 5.32 Å². The maximum absolute atomic E-state index is 12.6. The molecule has 0 fully saturated rings. The number of ether oxygens (including phenoxy) is 1. The SMILES string of the molecule is CCC(CC)(CN)NC(=O)COc1cccc(C(F)(F)F)c1.Cl. The van der Waals surface area contributed by atoms with E-state index in [0.717, 1.165) is 12.1 Å². The number of hydrogen-bond donors (Lipinski definition) is 2. The maximum Gasteiger partial charge on any atom is 0.416 e. The van der Waals surface area contributed by atoms with E-state index < -0.39 is 23.2 Å². The van der Waals surface area contributed by atoms with E-state index in [-0.39, 0.29) is 31.3 Å². The molecule has 0 unspecified atom stereocenters. The van der Waals surface area contributed by atoms with E-state index in [1.807, 2.05) is 13.8 Å². The van der Waals surface area contributed by atoms with Crippen molar-refractivity contribution in [2.75, 3.05) is 13.2 Å². The Bertz CT molecular complexity index is 497. The summed E-state index contributed by atoms with van der Waals surface area (Å²) in [6.07, 6.45) is -3.12. The summed E-state index contributed by atoms with van der Waals surface area (Å²) in [6, 6.07) is 4.42. The zero-order valence-corrected chi connectivity index (χ0v) is 13.9. The predicted octanol–water partition coefficient (Wildman–Crippen LogP) is 3.14. The van der Waals surface area contributed by atoms with Crippen LogP contribution in [0.25, 0.3) is 0 Å². The van der Waals surface area contributed by atoms with Gasteiger partial charge in [-0.05, 0) is 31.0 Å². The summed E-state index contributed by atoms with van der Waals surface area (Å²) < 4.78 is 42.9. The second kappa shape index (κ2) is 8.98. The molecular weight excluding hydrogens is 333 g/mol. The highest BCUT2D eigenvalue weighted by atomic mass is 35.5. The standard InChI is InChI=1S/C15H21F3N2O2.ClH/c1-3-14(4-2,10-19)20-13(21)9-22-12-7-5-6-11(8-12)15(16,17)18;/h5-8H,3-4,9-10,19H2,1-2H3,(H,20,21);1H. The van der Waals surface area contributed by atoms with Gasteiger partial charge in [-0.1, -0.05) is 19.9 Å². The summed E-state index contributed by atoms with van der Waals surface area (Å²) in [7, 11) is 0. The molecule has 0 aromatic heterocycles. The lowest BCUT2D eigenvalue weighted by atomic mass is 9.93. The molecule has 4 nitrogen and oxygen atoms in total. The van der Waals surface area contributed by atoms with Crippen LogP contribution in [0.5, 0.6) is 5.75 Å². The Morgan fingerprint density at radius 2 is 1.87 bits per heavy atom. The first-order valence-electron chi connectivity index (χ1n) is 7.07. The van der Waals surface area contributed by atoms with E-state index in [4.69, 9.17) is 10.5 Å². The molecule has 0 aliphatic heterocycles.